The van der Waals surface area contributed by atoms with Crippen molar-refractivity contribution in [3.05, 3.63) is 52.6 Å². The fourth-order valence-electron chi connectivity index (χ4n) is 1.95. The number of nitro benzene ring substituents is 1. The smallest absolute Gasteiger partial charge is 0.284 e. The van der Waals surface area contributed by atoms with Crippen LogP contribution in [0.3, 0.4) is 0 Å². The highest BCUT2D eigenvalue weighted by Gasteiger charge is 2.21. The first-order chi connectivity index (χ1) is 10.8. The average molecular weight is 350 g/mol. The van der Waals surface area contributed by atoms with Gasteiger partial charge in [-0.3, -0.25) is 10.1 Å². The molecule has 0 saturated carbocycles. The van der Waals surface area contributed by atoms with Crippen molar-refractivity contribution >= 4 is 38.4 Å². The number of rotatable bonds is 4. The van der Waals surface area contributed by atoms with E-state index in [-0.39, 0.29) is 20.7 Å². The molecule has 1 heterocycles. The topological polar surface area (TPSA) is 103 Å². The summed E-state index contributed by atoms with van der Waals surface area (Å²) in [6, 6.07) is 10.9. The molecule has 0 aliphatic heterocycles. The third kappa shape index (κ3) is 3.20. The molecule has 0 radical (unpaired) electrons. The van der Waals surface area contributed by atoms with Crippen molar-refractivity contribution in [3.8, 4) is 0 Å². The van der Waals surface area contributed by atoms with E-state index in [4.69, 9.17) is 4.42 Å². The molecular formula is C14H10N2O5S2. The van der Waals surface area contributed by atoms with E-state index in [1.165, 1.54) is 12.1 Å². The maximum absolute atomic E-state index is 11.5. The number of hydrogen-bond donors (Lipinski definition) is 0. The molecule has 0 spiro atoms. The molecule has 0 fully saturated rings. The van der Waals surface area contributed by atoms with Crippen LogP contribution in [0.5, 0.6) is 0 Å². The molecule has 0 N–H and O–H groups in total. The van der Waals surface area contributed by atoms with Gasteiger partial charge in [-0.2, -0.15) is 0 Å². The van der Waals surface area contributed by atoms with E-state index in [2.05, 4.69) is 4.98 Å². The fraction of sp³-hybridized carbons (Fsp3) is 0.0714. The van der Waals surface area contributed by atoms with Gasteiger partial charge in [-0.15, -0.1) is 0 Å². The number of benzene rings is 2. The third-order valence-electron chi connectivity index (χ3n) is 3.03. The van der Waals surface area contributed by atoms with Gasteiger partial charge in [0.1, 0.15) is 5.52 Å². The number of fused-ring (bicyclic) bond motifs is 1. The quantitative estimate of drug-likeness (QED) is 0.525. The molecule has 7 nitrogen and oxygen atoms in total. The Balaban J connectivity index is 2.03. The summed E-state index contributed by atoms with van der Waals surface area (Å²) >= 11 is 0.973. The van der Waals surface area contributed by atoms with Crippen molar-refractivity contribution < 1.29 is 17.8 Å². The van der Waals surface area contributed by atoms with Gasteiger partial charge >= 0.3 is 0 Å². The molecule has 0 unspecified atom stereocenters. The Kier molecular flexibility index (Phi) is 3.82. The minimum atomic E-state index is -3.52. The fourth-order valence-corrected chi connectivity index (χ4v) is 3.42. The van der Waals surface area contributed by atoms with Crippen LogP contribution < -0.4 is 0 Å². The second-order valence-electron chi connectivity index (χ2n) is 4.71. The lowest BCUT2D eigenvalue weighted by molar-refractivity contribution is -0.388. The Morgan fingerprint density at radius 1 is 1.22 bits per heavy atom. The molecule has 0 amide bonds. The van der Waals surface area contributed by atoms with Gasteiger partial charge in [0, 0.05) is 12.3 Å². The number of oxazole rings is 1. The van der Waals surface area contributed by atoms with Crippen LogP contribution >= 0.6 is 11.8 Å². The van der Waals surface area contributed by atoms with Crippen molar-refractivity contribution in [1.82, 2.24) is 4.98 Å². The summed E-state index contributed by atoms with van der Waals surface area (Å²) in [6.07, 6.45) is 1.000. The molecule has 0 atom stereocenters. The van der Waals surface area contributed by atoms with Crippen LogP contribution in [-0.4, -0.2) is 24.6 Å². The first-order valence-corrected chi connectivity index (χ1v) is 9.07. The van der Waals surface area contributed by atoms with E-state index in [0.29, 0.717) is 11.1 Å². The van der Waals surface area contributed by atoms with Crippen LogP contribution in [0.4, 0.5) is 5.69 Å². The summed E-state index contributed by atoms with van der Waals surface area (Å²) in [5, 5.41) is 11.5. The summed E-state index contributed by atoms with van der Waals surface area (Å²) in [4.78, 5) is 15.0. The summed E-state index contributed by atoms with van der Waals surface area (Å²) in [7, 11) is -3.52. The molecule has 3 rings (SSSR count). The highest BCUT2D eigenvalue weighted by atomic mass is 32.2. The third-order valence-corrected chi connectivity index (χ3v) is 5.05. The molecule has 0 bridgehead atoms. The predicted molar refractivity (Wildman–Crippen MR) is 84.3 cm³/mol. The van der Waals surface area contributed by atoms with Crippen molar-refractivity contribution in [1.29, 1.82) is 0 Å². The molecule has 0 saturated heterocycles. The summed E-state index contributed by atoms with van der Waals surface area (Å²) in [5.41, 5.74) is 0.913. The van der Waals surface area contributed by atoms with Crippen LogP contribution in [0.2, 0.25) is 0 Å². The molecule has 0 aliphatic rings. The van der Waals surface area contributed by atoms with E-state index in [9.17, 15) is 18.5 Å². The van der Waals surface area contributed by atoms with Gasteiger partial charge in [0.05, 0.1) is 14.7 Å². The SMILES string of the molecule is CS(=O)(=O)c1ccc(Sc2nc3ccccc3o2)c([N+](=O)[O-])c1. The lowest BCUT2D eigenvalue weighted by Gasteiger charge is -2.02. The van der Waals surface area contributed by atoms with E-state index in [1.807, 2.05) is 6.07 Å². The Hall–Kier alpha value is -2.39. The number of hydrogen-bond acceptors (Lipinski definition) is 7. The van der Waals surface area contributed by atoms with Gasteiger partial charge in [-0.05, 0) is 36.0 Å². The zero-order chi connectivity index (χ0) is 16.6. The second kappa shape index (κ2) is 5.67. The van der Waals surface area contributed by atoms with Crippen LogP contribution in [0.1, 0.15) is 0 Å². The summed E-state index contributed by atoms with van der Waals surface area (Å²) in [6.45, 7) is 0. The van der Waals surface area contributed by atoms with E-state index >= 15 is 0 Å². The number of para-hydroxylation sites is 2. The van der Waals surface area contributed by atoms with Gasteiger partial charge in [-0.25, -0.2) is 13.4 Å². The molecule has 23 heavy (non-hydrogen) atoms. The first-order valence-electron chi connectivity index (χ1n) is 6.36. The highest BCUT2D eigenvalue weighted by Crippen LogP contribution is 2.36. The molecular weight excluding hydrogens is 340 g/mol. The first kappa shape index (κ1) is 15.5. The second-order valence-corrected chi connectivity index (χ2v) is 7.72. The molecule has 3 aromatic rings. The van der Waals surface area contributed by atoms with E-state index < -0.39 is 14.8 Å². The van der Waals surface area contributed by atoms with Gasteiger partial charge in [0.15, 0.2) is 15.4 Å². The Morgan fingerprint density at radius 2 is 1.96 bits per heavy atom. The molecule has 0 aliphatic carbocycles. The molecule has 2 aromatic carbocycles. The lowest BCUT2D eigenvalue weighted by Crippen LogP contribution is -1.99. The number of nitrogens with zero attached hydrogens (tertiary/aromatic N) is 2. The zero-order valence-electron chi connectivity index (χ0n) is 11.8. The Morgan fingerprint density at radius 3 is 2.61 bits per heavy atom. The van der Waals surface area contributed by atoms with Gasteiger partial charge in [0.2, 0.25) is 0 Å². The van der Waals surface area contributed by atoms with E-state index in [0.717, 1.165) is 24.1 Å². The molecule has 9 heteroatoms. The maximum atomic E-state index is 11.5. The van der Waals surface area contributed by atoms with Crippen LogP contribution in [0.15, 0.2) is 61.9 Å². The lowest BCUT2D eigenvalue weighted by atomic mass is 10.3. The average Bonchev–Trinajstić information content (AvgIpc) is 2.88. The van der Waals surface area contributed by atoms with Crippen LogP contribution in [0, 0.1) is 10.1 Å². The minimum absolute atomic E-state index is 0.105. The van der Waals surface area contributed by atoms with E-state index in [1.54, 1.807) is 18.2 Å². The summed E-state index contributed by atoms with van der Waals surface area (Å²) < 4.78 is 28.6. The van der Waals surface area contributed by atoms with Gasteiger partial charge in [0.25, 0.3) is 10.9 Å². The standard InChI is InChI=1S/C14H10N2O5S2/c1-23(19,20)9-6-7-13(11(8-9)16(17)18)22-14-15-10-4-2-3-5-12(10)21-14/h2-8H,1H3. The van der Waals surface area contributed by atoms with Crippen molar-refractivity contribution in [2.24, 2.45) is 0 Å². The zero-order valence-corrected chi connectivity index (χ0v) is 13.4. The monoisotopic (exact) mass is 350 g/mol. The minimum Gasteiger partial charge on any atom is -0.431 e. The molecule has 118 valence electrons. The molecule has 1 aromatic heterocycles. The van der Waals surface area contributed by atoms with Crippen LogP contribution in [-0.2, 0) is 9.84 Å². The predicted octanol–water partition coefficient (Wildman–Crippen LogP) is 3.29. The number of nitro groups is 1. The highest BCUT2D eigenvalue weighted by molar-refractivity contribution is 7.99. The normalized spacial score (nSPS) is 11.7. The van der Waals surface area contributed by atoms with Gasteiger partial charge < -0.3 is 4.42 Å². The Bertz CT molecular complexity index is 978. The number of aromatic nitrogens is 1. The van der Waals surface area contributed by atoms with Crippen molar-refractivity contribution in [2.45, 2.75) is 15.0 Å². The van der Waals surface area contributed by atoms with Crippen molar-refractivity contribution in [3.63, 3.8) is 0 Å². The Labute approximate surface area is 135 Å². The largest absolute Gasteiger partial charge is 0.431 e. The van der Waals surface area contributed by atoms with Gasteiger partial charge in [-0.1, -0.05) is 12.1 Å². The maximum Gasteiger partial charge on any atom is 0.284 e. The van der Waals surface area contributed by atoms with Crippen molar-refractivity contribution in [2.75, 3.05) is 6.26 Å². The number of sulfone groups is 1. The summed E-state index contributed by atoms with van der Waals surface area (Å²) in [5.74, 6) is 0. The van der Waals surface area contributed by atoms with Crippen LogP contribution in [0.25, 0.3) is 11.1 Å².